The van der Waals surface area contributed by atoms with Gasteiger partial charge in [-0.3, -0.25) is 0 Å². The molecule has 0 saturated carbocycles. The van der Waals surface area contributed by atoms with E-state index in [2.05, 4.69) is 5.32 Å². The number of nitrogens with one attached hydrogen (secondary N) is 1. The minimum Gasteiger partial charge on any atom is -0.504 e. The zero-order chi connectivity index (χ0) is 14.5. The summed E-state index contributed by atoms with van der Waals surface area (Å²) >= 11 is 6.12. The molecule has 0 radical (unpaired) electrons. The average Bonchev–Trinajstić information content (AvgIpc) is 2.47. The van der Waals surface area contributed by atoms with Crippen molar-refractivity contribution < 1.29 is 14.6 Å². The summed E-state index contributed by atoms with van der Waals surface area (Å²) in [6.07, 6.45) is 0. The first-order chi connectivity index (χ1) is 9.63. The molecule has 0 heterocycles. The van der Waals surface area contributed by atoms with Crippen molar-refractivity contribution in [2.45, 2.75) is 6.54 Å². The fraction of sp³-hybridized carbons (Fsp3) is 0.200. The summed E-state index contributed by atoms with van der Waals surface area (Å²) in [6, 6.07) is 10.6. The second kappa shape index (κ2) is 6.39. The van der Waals surface area contributed by atoms with E-state index in [0.717, 1.165) is 17.0 Å². The molecule has 5 heteroatoms. The third-order valence-corrected chi connectivity index (χ3v) is 3.23. The van der Waals surface area contributed by atoms with Crippen LogP contribution in [0.4, 0.5) is 5.69 Å². The monoisotopic (exact) mass is 293 g/mol. The molecule has 2 aromatic rings. The molecule has 106 valence electrons. The maximum absolute atomic E-state index is 9.55. The van der Waals surface area contributed by atoms with Gasteiger partial charge in [0.25, 0.3) is 0 Å². The Morgan fingerprint density at radius 3 is 2.60 bits per heavy atom. The molecule has 0 aliphatic carbocycles. The Hall–Kier alpha value is -2.07. The van der Waals surface area contributed by atoms with Crippen LogP contribution in [0.25, 0.3) is 0 Å². The van der Waals surface area contributed by atoms with Crippen LogP contribution < -0.4 is 14.8 Å². The summed E-state index contributed by atoms with van der Waals surface area (Å²) in [4.78, 5) is 0. The fourth-order valence-corrected chi connectivity index (χ4v) is 1.98. The molecule has 0 aliphatic heterocycles. The quantitative estimate of drug-likeness (QED) is 0.883. The normalized spacial score (nSPS) is 10.2. The number of hydrogen-bond donors (Lipinski definition) is 2. The van der Waals surface area contributed by atoms with Crippen molar-refractivity contribution in [3.05, 3.63) is 47.0 Å². The van der Waals surface area contributed by atoms with E-state index < -0.39 is 0 Å². The molecule has 0 aromatic heterocycles. The Labute approximate surface area is 122 Å². The van der Waals surface area contributed by atoms with Gasteiger partial charge in [-0.25, -0.2) is 0 Å². The molecule has 20 heavy (non-hydrogen) atoms. The summed E-state index contributed by atoms with van der Waals surface area (Å²) in [5, 5.41) is 13.4. The second-order valence-electron chi connectivity index (χ2n) is 4.21. The van der Waals surface area contributed by atoms with Gasteiger partial charge in [0.15, 0.2) is 11.5 Å². The van der Waals surface area contributed by atoms with Crippen LogP contribution >= 0.6 is 11.6 Å². The Balaban J connectivity index is 2.12. The molecule has 0 spiro atoms. The van der Waals surface area contributed by atoms with Gasteiger partial charge in [0, 0.05) is 12.6 Å². The molecule has 0 bridgehead atoms. The van der Waals surface area contributed by atoms with Crippen molar-refractivity contribution in [2.24, 2.45) is 0 Å². The highest BCUT2D eigenvalue weighted by atomic mass is 35.5. The van der Waals surface area contributed by atoms with Gasteiger partial charge in [0.05, 0.1) is 24.9 Å². The maximum atomic E-state index is 9.55. The SMILES string of the molecule is COc1ccc(Cl)c(NCc2ccc(O)c(OC)c2)c1. The van der Waals surface area contributed by atoms with E-state index in [1.54, 1.807) is 31.4 Å². The summed E-state index contributed by atoms with van der Waals surface area (Å²) in [5.41, 5.74) is 1.76. The third-order valence-electron chi connectivity index (χ3n) is 2.90. The zero-order valence-corrected chi connectivity index (χ0v) is 12.1. The number of hydrogen-bond acceptors (Lipinski definition) is 4. The fourth-order valence-electron chi connectivity index (χ4n) is 1.80. The molecule has 0 aliphatic rings. The van der Waals surface area contributed by atoms with Crippen LogP contribution in [-0.4, -0.2) is 19.3 Å². The van der Waals surface area contributed by atoms with E-state index in [0.29, 0.717) is 17.3 Å². The van der Waals surface area contributed by atoms with Crippen molar-refractivity contribution >= 4 is 17.3 Å². The molecule has 2 aromatic carbocycles. The highest BCUT2D eigenvalue weighted by molar-refractivity contribution is 6.33. The van der Waals surface area contributed by atoms with Crippen LogP contribution in [-0.2, 0) is 6.54 Å². The van der Waals surface area contributed by atoms with E-state index in [4.69, 9.17) is 21.1 Å². The zero-order valence-electron chi connectivity index (χ0n) is 11.3. The number of anilines is 1. The van der Waals surface area contributed by atoms with E-state index in [-0.39, 0.29) is 5.75 Å². The first-order valence-corrected chi connectivity index (χ1v) is 6.45. The summed E-state index contributed by atoms with van der Waals surface area (Å²) in [6.45, 7) is 0.559. The van der Waals surface area contributed by atoms with E-state index >= 15 is 0 Å². The Kier molecular flexibility index (Phi) is 4.58. The van der Waals surface area contributed by atoms with Gasteiger partial charge in [-0.2, -0.15) is 0 Å². The Morgan fingerprint density at radius 1 is 1.10 bits per heavy atom. The number of phenols is 1. The summed E-state index contributed by atoms with van der Waals surface area (Å²) in [5.74, 6) is 1.30. The van der Waals surface area contributed by atoms with E-state index in [1.165, 1.54) is 7.11 Å². The first-order valence-electron chi connectivity index (χ1n) is 6.07. The van der Waals surface area contributed by atoms with Crippen LogP contribution in [0.2, 0.25) is 5.02 Å². The molecule has 0 amide bonds. The molecule has 0 saturated heterocycles. The first kappa shape index (κ1) is 14.3. The van der Waals surface area contributed by atoms with E-state index in [1.807, 2.05) is 12.1 Å². The lowest BCUT2D eigenvalue weighted by atomic mass is 10.2. The largest absolute Gasteiger partial charge is 0.504 e. The van der Waals surface area contributed by atoms with Crippen LogP contribution in [0.5, 0.6) is 17.2 Å². The summed E-state index contributed by atoms with van der Waals surface area (Å²) < 4.78 is 10.2. The van der Waals surface area contributed by atoms with Crippen LogP contribution in [0.15, 0.2) is 36.4 Å². The Morgan fingerprint density at radius 2 is 1.90 bits per heavy atom. The predicted molar refractivity (Wildman–Crippen MR) is 80.0 cm³/mol. The Bertz CT molecular complexity index is 602. The van der Waals surface area contributed by atoms with Crippen molar-refractivity contribution in [3.8, 4) is 17.2 Å². The van der Waals surface area contributed by atoms with Crippen molar-refractivity contribution in [3.63, 3.8) is 0 Å². The summed E-state index contributed by atoms with van der Waals surface area (Å²) in [7, 11) is 3.13. The molecule has 0 atom stereocenters. The highest BCUT2D eigenvalue weighted by Gasteiger charge is 2.05. The number of methoxy groups -OCH3 is 2. The maximum Gasteiger partial charge on any atom is 0.160 e. The number of rotatable bonds is 5. The number of phenolic OH excluding ortho intramolecular Hbond substituents is 1. The third kappa shape index (κ3) is 3.27. The molecule has 2 N–H and O–H groups in total. The van der Waals surface area contributed by atoms with Crippen molar-refractivity contribution in [1.29, 1.82) is 0 Å². The molecular weight excluding hydrogens is 278 g/mol. The van der Waals surface area contributed by atoms with Gasteiger partial charge in [0.1, 0.15) is 5.75 Å². The molecule has 2 rings (SSSR count). The topological polar surface area (TPSA) is 50.7 Å². The van der Waals surface area contributed by atoms with Crippen molar-refractivity contribution in [2.75, 3.05) is 19.5 Å². The lowest BCUT2D eigenvalue weighted by Crippen LogP contribution is -2.00. The lowest BCUT2D eigenvalue weighted by molar-refractivity contribution is 0.373. The van der Waals surface area contributed by atoms with Gasteiger partial charge < -0.3 is 19.9 Å². The lowest BCUT2D eigenvalue weighted by Gasteiger charge is -2.11. The number of ether oxygens (including phenoxy) is 2. The second-order valence-corrected chi connectivity index (χ2v) is 4.61. The van der Waals surface area contributed by atoms with Crippen LogP contribution in [0.3, 0.4) is 0 Å². The predicted octanol–water partition coefficient (Wildman–Crippen LogP) is 3.67. The van der Waals surface area contributed by atoms with E-state index in [9.17, 15) is 5.11 Å². The molecular formula is C15H16ClNO3. The van der Waals surface area contributed by atoms with Crippen LogP contribution in [0, 0.1) is 0 Å². The van der Waals surface area contributed by atoms with Gasteiger partial charge in [-0.05, 0) is 29.8 Å². The number of aromatic hydroxyl groups is 1. The number of halogens is 1. The minimum atomic E-state index is 0.121. The highest BCUT2D eigenvalue weighted by Crippen LogP contribution is 2.29. The smallest absolute Gasteiger partial charge is 0.160 e. The molecule has 4 nitrogen and oxygen atoms in total. The van der Waals surface area contributed by atoms with Gasteiger partial charge in [-0.1, -0.05) is 17.7 Å². The van der Waals surface area contributed by atoms with Gasteiger partial charge >= 0.3 is 0 Å². The van der Waals surface area contributed by atoms with Crippen LogP contribution in [0.1, 0.15) is 5.56 Å². The van der Waals surface area contributed by atoms with Gasteiger partial charge in [0.2, 0.25) is 0 Å². The molecule has 0 fully saturated rings. The van der Waals surface area contributed by atoms with Crippen molar-refractivity contribution in [1.82, 2.24) is 0 Å². The number of benzene rings is 2. The minimum absolute atomic E-state index is 0.121. The molecule has 0 unspecified atom stereocenters. The standard InChI is InChI=1S/C15H16ClNO3/c1-19-11-4-5-12(16)13(8-11)17-9-10-3-6-14(18)15(7-10)20-2/h3-8,17-18H,9H2,1-2H3. The average molecular weight is 294 g/mol. The van der Waals surface area contributed by atoms with Gasteiger partial charge in [-0.15, -0.1) is 0 Å².